The van der Waals surface area contributed by atoms with E-state index in [-0.39, 0.29) is 0 Å². The number of pyridine rings is 1. The molecule has 1 aliphatic rings. The van der Waals surface area contributed by atoms with Crippen LogP contribution in [0.4, 0.5) is 0 Å². The zero-order valence-corrected chi connectivity index (χ0v) is 18.7. The molecule has 0 amide bonds. The molecule has 2 heterocycles. The first-order valence-corrected chi connectivity index (χ1v) is 11.3. The van der Waals surface area contributed by atoms with Crippen molar-refractivity contribution in [1.82, 2.24) is 25.4 Å². The number of nitrogens with zero attached hydrogens (tertiary/aromatic N) is 3. The summed E-state index contributed by atoms with van der Waals surface area (Å²) in [5.41, 5.74) is 2.28. The van der Waals surface area contributed by atoms with Gasteiger partial charge >= 0.3 is 0 Å². The summed E-state index contributed by atoms with van der Waals surface area (Å²) in [6, 6.07) is 6.99. The number of halogens is 1. The second-order valence-electron chi connectivity index (χ2n) is 7.59. The van der Waals surface area contributed by atoms with Gasteiger partial charge in [0.1, 0.15) is 0 Å². The Morgan fingerprint density at radius 3 is 1.93 bits per heavy atom. The van der Waals surface area contributed by atoms with E-state index in [1.807, 2.05) is 0 Å². The summed E-state index contributed by atoms with van der Waals surface area (Å²) >= 11 is 0. The molecule has 1 aromatic heterocycles. The standard InChI is InChI=1S/C19H35N5.ClHO4/c1-16-18-8-5-9-19(22-18)17(2)21-11-7-13-24(12-6-10-20-16)15-14-23(3)4;2-1(3,4)5/h5,8-9,16-17,20-21H,6-7,10-15H2,1-4H3;(H,2,3,4,5). The van der Waals surface area contributed by atoms with E-state index in [4.69, 9.17) is 23.6 Å². The monoisotopic (exact) mass is 433 g/mol. The van der Waals surface area contributed by atoms with Crippen LogP contribution in [0, 0.1) is 10.2 Å². The van der Waals surface area contributed by atoms with Crippen LogP contribution >= 0.6 is 0 Å². The first kappa shape index (κ1) is 26.2. The van der Waals surface area contributed by atoms with Gasteiger partial charge in [0.05, 0.1) is 26.3 Å². The van der Waals surface area contributed by atoms with Crippen molar-refractivity contribution in [3.8, 4) is 0 Å². The molecule has 9 nitrogen and oxygen atoms in total. The molecule has 2 rings (SSSR count). The zero-order chi connectivity index (χ0) is 21.9. The van der Waals surface area contributed by atoms with Gasteiger partial charge in [-0.15, -0.1) is 0 Å². The summed E-state index contributed by atoms with van der Waals surface area (Å²) in [7, 11) is -0.394. The highest BCUT2D eigenvalue weighted by molar-refractivity contribution is 5.16. The third kappa shape index (κ3) is 13.1. The quantitative estimate of drug-likeness (QED) is 0.491. The molecule has 0 saturated heterocycles. The van der Waals surface area contributed by atoms with Gasteiger partial charge in [0.25, 0.3) is 0 Å². The van der Waals surface area contributed by atoms with Crippen molar-refractivity contribution in [3.63, 3.8) is 0 Å². The number of aromatic nitrogens is 1. The number of rotatable bonds is 3. The first-order chi connectivity index (χ1) is 13.6. The maximum atomic E-state index is 8.60. The van der Waals surface area contributed by atoms with Gasteiger partial charge in [-0.2, -0.15) is 14.0 Å². The maximum Gasteiger partial charge on any atom is 0.0777 e. The summed E-state index contributed by atoms with van der Waals surface area (Å²) in [6.45, 7) is 11.1. The molecule has 3 N–H and O–H groups in total. The van der Waals surface area contributed by atoms with E-state index in [2.05, 4.69) is 66.6 Å². The first-order valence-electron chi connectivity index (χ1n) is 10.00. The van der Waals surface area contributed by atoms with Crippen LogP contribution in [0.3, 0.4) is 0 Å². The molecular weight excluding hydrogens is 398 g/mol. The molecule has 0 aromatic carbocycles. The molecule has 0 spiro atoms. The van der Waals surface area contributed by atoms with Crippen LogP contribution in [0.2, 0.25) is 0 Å². The average molecular weight is 434 g/mol. The summed E-state index contributed by atoms with van der Waals surface area (Å²) < 4.78 is 32.7. The number of likely N-dealkylation sites (N-methyl/N-ethyl adjacent to an activating group) is 1. The van der Waals surface area contributed by atoms with Crippen LogP contribution < -0.4 is 24.6 Å². The van der Waals surface area contributed by atoms with Gasteiger partial charge in [-0.25, -0.2) is 0 Å². The van der Waals surface area contributed by atoms with Gasteiger partial charge < -0.3 is 20.4 Å². The Balaban J connectivity index is 0.000000749. The second-order valence-corrected chi connectivity index (χ2v) is 8.38. The Morgan fingerprint density at radius 1 is 1.07 bits per heavy atom. The molecule has 2 bridgehead atoms. The van der Waals surface area contributed by atoms with Crippen LogP contribution in [-0.2, 0) is 0 Å². The van der Waals surface area contributed by atoms with Crippen molar-refractivity contribution in [2.45, 2.75) is 38.8 Å². The maximum absolute atomic E-state index is 8.60. The largest absolute Gasteiger partial charge is 0.309 e. The Morgan fingerprint density at radius 2 is 1.52 bits per heavy atom. The van der Waals surface area contributed by atoms with E-state index in [1.165, 1.54) is 12.8 Å². The van der Waals surface area contributed by atoms with E-state index in [0.717, 1.165) is 50.7 Å². The normalized spacial score (nSPS) is 22.5. The molecule has 0 saturated carbocycles. The molecule has 0 fully saturated rings. The minimum absolute atomic E-state index is 0.301. The lowest BCUT2D eigenvalue weighted by Crippen LogP contribution is -2.58. The fourth-order valence-electron chi connectivity index (χ4n) is 3.08. The lowest BCUT2D eigenvalue weighted by Gasteiger charge is -2.25. The Labute approximate surface area is 176 Å². The van der Waals surface area contributed by atoms with E-state index in [0.29, 0.717) is 12.1 Å². The smallest absolute Gasteiger partial charge is 0.0777 e. The highest BCUT2D eigenvalue weighted by Gasteiger charge is 2.13. The fourth-order valence-corrected chi connectivity index (χ4v) is 3.08. The summed E-state index contributed by atoms with van der Waals surface area (Å²) in [5, 5.41) is 7.25. The van der Waals surface area contributed by atoms with Crippen LogP contribution in [0.5, 0.6) is 0 Å². The molecule has 0 aliphatic carbocycles. The molecular formula is C19H36ClN5O4. The topological polar surface area (TPSA) is 133 Å². The predicted molar refractivity (Wildman–Crippen MR) is 104 cm³/mol. The molecule has 2 unspecified atom stereocenters. The van der Waals surface area contributed by atoms with Crippen LogP contribution in [0.15, 0.2) is 18.2 Å². The third-order valence-corrected chi connectivity index (χ3v) is 4.75. The van der Waals surface area contributed by atoms with E-state index in [1.54, 1.807) is 0 Å². The molecule has 1 aromatic rings. The van der Waals surface area contributed by atoms with Gasteiger partial charge in [0.2, 0.25) is 0 Å². The molecule has 168 valence electrons. The van der Waals surface area contributed by atoms with Gasteiger partial charge in [-0.3, -0.25) is 4.98 Å². The lowest BCUT2D eigenvalue weighted by molar-refractivity contribution is -1.92. The minimum Gasteiger partial charge on any atom is -0.309 e. The summed E-state index contributed by atoms with van der Waals surface area (Å²) in [5.74, 6) is 0. The fraction of sp³-hybridized carbons (Fsp3) is 0.737. The summed E-state index contributed by atoms with van der Waals surface area (Å²) in [4.78, 5) is 9.71. The second kappa shape index (κ2) is 13.4. The van der Waals surface area contributed by atoms with E-state index >= 15 is 0 Å². The van der Waals surface area contributed by atoms with Crippen LogP contribution in [0.1, 0.15) is 50.2 Å². The number of hydrogen-bond acceptors (Lipinski definition) is 9. The minimum atomic E-state index is -4.69. The van der Waals surface area contributed by atoms with Crippen molar-refractivity contribution in [3.05, 3.63) is 29.6 Å². The summed E-state index contributed by atoms with van der Waals surface area (Å²) in [6.07, 6.45) is 2.36. The molecule has 1 aliphatic heterocycles. The van der Waals surface area contributed by atoms with Crippen LogP contribution in [-0.4, -0.2) is 72.8 Å². The van der Waals surface area contributed by atoms with Gasteiger partial charge in [0, 0.05) is 25.2 Å². The SMILES string of the molecule is CC1NCCCN(CCN(C)C)CCCNC(C)c2cccc1n2.[O-][Cl+3]([O-])([O-])O. The highest BCUT2D eigenvalue weighted by atomic mass is 35.7. The van der Waals surface area contributed by atoms with Gasteiger partial charge in [-0.05, 0) is 79.1 Å². The third-order valence-electron chi connectivity index (χ3n) is 4.75. The van der Waals surface area contributed by atoms with Crippen molar-refractivity contribution < 1.29 is 28.9 Å². The average Bonchev–Trinajstić information content (AvgIpc) is 2.63. The van der Waals surface area contributed by atoms with Crippen molar-refractivity contribution >= 4 is 0 Å². The van der Waals surface area contributed by atoms with E-state index in [9.17, 15) is 0 Å². The van der Waals surface area contributed by atoms with Gasteiger partial charge in [0.15, 0.2) is 0 Å². The number of hydrogen-bond donors (Lipinski definition) is 3. The molecule has 0 radical (unpaired) electrons. The van der Waals surface area contributed by atoms with Crippen LogP contribution in [0.25, 0.3) is 0 Å². The Bertz CT molecular complexity index is 535. The number of fused-ring (bicyclic) bond motifs is 2. The van der Waals surface area contributed by atoms with Crippen molar-refractivity contribution in [2.24, 2.45) is 0 Å². The Hall–Kier alpha value is -0.880. The predicted octanol–water partition coefficient (Wildman–Crippen LogP) is -2.08. The molecule has 29 heavy (non-hydrogen) atoms. The number of nitrogens with one attached hydrogen (secondary N) is 2. The van der Waals surface area contributed by atoms with Gasteiger partial charge in [-0.1, -0.05) is 6.07 Å². The lowest BCUT2D eigenvalue weighted by atomic mass is 10.1. The molecule has 2 atom stereocenters. The van der Waals surface area contributed by atoms with Crippen molar-refractivity contribution in [2.75, 3.05) is 53.4 Å². The Kier molecular flexibility index (Phi) is 12.1. The van der Waals surface area contributed by atoms with Crippen molar-refractivity contribution in [1.29, 1.82) is 0 Å². The van der Waals surface area contributed by atoms with E-state index < -0.39 is 10.2 Å². The molecule has 10 heteroatoms. The highest BCUT2D eigenvalue weighted by Crippen LogP contribution is 2.15. The zero-order valence-electron chi connectivity index (χ0n) is 17.9.